The summed E-state index contributed by atoms with van der Waals surface area (Å²) in [5.74, 6) is -10.4. The maximum atomic E-state index is 16.1. The number of aliphatic hydroxyl groups is 2. The van der Waals surface area contributed by atoms with Crippen LogP contribution in [-0.4, -0.2) is 83.4 Å². The van der Waals surface area contributed by atoms with E-state index in [4.69, 9.17) is 9.47 Å². The molecule has 5 aliphatic rings. The number of hydrogen-bond donors (Lipinski definition) is 2. The number of hydrogen-bond acceptors (Lipinski definition) is 7. The molecular formula is C38H47F11O7S. The third-order valence-electron chi connectivity index (χ3n) is 14.0. The van der Waals surface area contributed by atoms with E-state index >= 15 is 8.78 Å². The topological polar surface area (TPSA) is 102 Å². The van der Waals surface area contributed by atoms with Crippen LogP contribution in [0.1, 0.15) is 104 Å². The van der Waals surface area contributed by atoms with E-state index in [0.717, 1.165) is 24.3 Å². The molecule has 4 unspecified atom stereocenters. The molecule has 6 rings (SSSR count). The molecule has 9 atom stereocenters. The zero-order chi connectivity index (χ0) is 43.1. The van der Waals surface area contributed by atoms with Crippen molar-refractivity contribution in [3.63, 3.8) is 0 Å². The lowest BCUT2D eigenvalue weighted by molar-refractivity contribution is -0.323. The van der Waals surface area contributed by atoms with Gasteiger partial charge in [-0.2, -0.15) is 43.5 Å². The summed E-state index contributed by atoms with van der Waals surface area (Å²) in [6.45, 7) is 5.09. The zero-order valence-corrected chi connectivity index (χ0v) is 32.9. The molecule has 1 spiro atoms. The highest BCUT2D eigenvalue weighted by Crippen LogP contribution is 2.71. The summed E-state index contributed by atoms with van der Waals surface area (Å²) >= 11 is 0. The van der Waals surface area contributed by atoms with Gasteiger partial charge in [0, 0.05) is 29.6 Å². The van der Waals surface area contributed by atoms with Crippen molar-refractivity contribution in [2.24, 2.45) is 22.7 Å². The maximum Gasteiger partial charge on any atom is 0.428 e. The average Bonchev–Trinajstić information content (AvgIpc) is 3.35. The van der Waals surface area contributed by atoms with Crippen LogP contribution in [0, 0.1) is 22.7 Å². The van der Waals surface area contributed by atoms with Gasteiger partial charge in [0.15, 0.2) is 5.79 Å². The molecule has 1 aromatic rings. The Morgan fingerprint density at radius 3 is 1.88 bits per heavy atom. The number of ether oxygens (including phenoxy) is 2. The van der Waals surface area contributed by atoms with E-state index in [-0.39, 0.29) is 49.5 Å². The fourth-order valence-corrected chi connectivity index (χ4v) is 11.3. The number of fused-ring (bicyclic) bond motifs is 4. The van der Waals surface area contributed by atoms with Gasteiger partial charge in [-0.05, 0) is 94.4 Å². The van der Waals surface area contributed by atoms with E-state index in [9.17, 15) is 58.1 Å². The number of alkyl halides is 11. The van der Waals surface area contributed by atoms with Crippen molar-refractivity contribution in [3.05, 3.63) is 41.0 Å². The molecule has 4 aliphatic carbocycles. The van der Waals surface area contributed by atoms with Gasteiger partial charge in [0.1, 0.15) is 11.4 Å². The van der Waals surface area contributed by atoms with Crippen LogP contribution in [0.25, 0.3) is 0 Å². The van der Waals surface area contributed by atoms with Gasteiger partial charge < -0.3 is 23.9 Å². The molecule has 1 aliphatic heterocycles. The quantitative estimate of drug-likeness (QED) is 0.160. The molecule has 1 aromatic carbocycles. The van der Waals surface area contributed by atoms with Crippen LogP contribution < -0.4 is 4.18 Å². The summed E-state index contributed by atoms with van der Waals surface area (Å²) in [7, 11) is -6.39. The third kappa shape index (κ3) is 6.34. The highest BCUT2D eigenvalue weighted by Gasteiger charge is 2.80. The predicted molar refractivity (Wildman–Crippen MR) is 182 cm³/mol. The minimum absolute atomic E-state index is 0.0178. The van der Waals surface area contributed by atoms with Crippen LogP contribution in [0.3, 0.4) is 0 Å². The number of halogens is 11. The predicted octanol–water partition coefficient (Wildman–Crippen LogP) is 9.32. The summed E-state index contributed by atoms with van der Waals surface area (Å²) in [6, 6.07) is 3.99. The Morgan fingerprint density at radius 1 is 0.789 bits per heavy atom. The molecule has 324 valence electrons. The molecular weight excluding hydrogens is 809 g/mol. The minimum Gasteiger partial charge on any atom is -0.386 e. The van der Waals surface area contributed by atoms with Crippen LogP contribution in [-0.2, 0) is 19.6 Å². The lowest BCUT2D eigenvalue weighted by atomic mass is 9.48. The first kappa shape index (κ1) is 44.3. The Balaban J connectivity index is 1.41. The Hall–Kier alpha value is -2.22. The number of rotatable bonds is 7. The lowest BCUT2D eigenvalue weighted by Crippen LogP contribution is -2.66. The van der Waals surface area contributed by atoms with Crippen molar-refractivity contribution in [3.8, 4) is 5.75 Å². The van der Waals surface area contributed by atoms with Crippen molar-refractivity contribution in [2.45, 2.75) is 150 Å². The zero-order valence-electron chi connectivity index (χ0n) is 32.1. The van der Waals surface area contributed by atoms with Crippen LogP contribution in [0.2, 0.25) is 0 Å². The fourth-order valence-electron chi connectivity index (χ4n) is 10.3. The smallest absolute Gasteiger partial charge is 0.386 e. The second-order valence-corrected chi connectivity index (χ2v) is 20.1. The van der Waals surface area contributed by atoms with Crippen LogP contribution in [0.4, 0.5) is 48.3 Å². The van der Waals surface area contributed by atoms with E-state index in [0.29, 0.717) is 37.7 Å². The average molecular weight is 857 g/mol. The van der Waals surface area contributed by atoms with Gasteiger partial charge in [0.05, 0.1) is 18.8 Å². The monoisotopic (exact) mass is 856 g/mol. The normalized spacial score (nSPS) is 36.3. The molecule has 57 heavy (non-hydrogen) atoms. The van der Waals surface area contributed by atoms with Crippen LogP contribution >= 0.6 is 0 Å². The van der Waals surface area contributed by atoms with E-state index < -0.39 is 111 Å². The molecule has 0 radical (unpaired) electrons. The Bertz CT molecular complexity index is 1880. The summed E-state index contributed by atoms with van der Waals surface area (Å²) in [4.78, 5) is 0. The summed E-state index contributed by atoms with van der Waals surface area (Å²) in [5, 5.41) is 19.0. The molecule has 1 saturated heterocycles. The van der Waals surface area contributed by atoms with Crippen molar-refractivity contribution in [1.82, 2.24) is 0 Å². The third-order valence-corrected chi connectivity index (χ3v) is 15.6. The molecule has 4 fully saturated rings. The molecule has 0 aromatic heterocycles. The first-order chi connectivity index (χ1) is 25.6. The van der Waals surface area contributed by atoms with Crippen molar-refractivity contribution in [1.29, 1.82) is 0 Å². The second kappa shape index (κ2) is 12.9. The van der Waals surface area contributed by atoms with Crippen LogP contribution in [0.5, 0.6) is 5.75 Å². The number of benzene rings is 1. The Kier molecular flexibility index (Phi) is 10.0. The molecule has 1 heterocycles. The van der Waals surface area contributed by atoms with Gasteiger partial charge in [-0.15, -0.1) is 0 Å². The highest BCUT2D eigenvalue weighted by molar-refractivity contribution is 7.88. The van der Waals surface area contributed by atoms with Gasteiger partial charge in [0.2, 0.25) is 5.67 Å². The minimum atomic E-state index is -6.40. The van der Waals surface area contributed by atoms with E-state index in [1.54, 1.807) is 0 Å². The van der Waals surface area contributed by atoms with E-state index in [1.165, 1.54) is 6.92 Å². The number of allylic oxidation sites excluding steroid dienone is 1. The summed E-state index contributed by atoms with van der Waals surface area (Å²) in [6.07, 6.45) is -11.8. The first-order valence-corrected chi connectivity index (χ1v) is 20.0. The summed E-state index contributed by atoms with van der Waals surface area (Å²) in [5.41, 5.74) is -14.8. The molecule has 3 saturated carbocycles. The lowest BCUT2D eigenvalue weighted by Gasteiger charge is -2.59. The Labute approximate surface area is 323 Å². The van der Waals surface area contributed by atoms with Crippen molar-refractivity contribution < 1.29 is 80.6 Å². The van der Waals surface area contributed by atoms with Gasteiger partial charge in [0.25, 0.3) is 5.67 Å². The molecule has 0 amide bonds. The summed E-state index contributed by atoms with van der Waals surface area (Å²) < 4.78 is 200. The van der Waals surface area contributed by atoms with Gasteiger partial charge >= 0.3 is 33.4 Å². The first-order valence-electron chi connectivity index (χ1n) is 18.6. The van der Waals surface area contributed by atoms with Gasteiger partial charge in [-0.25, -0.2) is 13.2 Å². The van der Waals surface area contributed by atoms with Gasteiger partial charge in [-0.1, -0.05) is 38.5 Å². The highest BCUT2D eigenvalue weighted by atomic mass is 32.2. The van der Waals surface area contributed by atoms with Gasteiger partial charge in [-0.3, -0.25) is 0 Å². The molecule has 2 N–H and O–H groups in total. The van der Waals surface area contributed by atoms with E-state index in [2.05, 4.69) is 4.18 Å². The molecule has 19 heteroatoms. The maximum absolute atomic E-state index is 16.1. The Morgan fingerprint density at radius 2 is 1.35 bits per heavy atom. The van der Waals surface area contributed by atoms with Crippen molar-refractivity contribution >= 4 is 10.1 Å². The second-order valence-electron chi connectivity index (χ2n) is 18.2. The standard InChI is InChI=1S/C38H47F11O7S/c1-28(2)19-54-34(55-20-28)15-12-26-27-23(11-14-33(26,50)18-34)25-13-16-35(51,30(4,39)37(44,45)46)29(25,3)17-24(27)21-7-9-22(10-8-21)56-57(52,53)32(6,41)36(42,43)31(5,40)38(47,48)49/h7-10,23-25,50-51H,11-20H2,1-6H3/t23?,24-,25?,29+,30?,31-,32?,33-,35+/m1/s1. The van der Waals surface area contributed by atoms with Crippen LogP contribution in [0.15, 0.2) is 35.4 Å². The van der Waals surface area contributed by atoms with E-state index in [1.807, 2.05) is 13.8 Å². The van der Waals surface area contributed by atoms with Crippen molar-refractivity contribution in [2.75, 3.05) is 13.2 Å². The largest absolute Gasteiger partial charge is 0.428 e. The molecule has 7 nitrogen and oxygen atoms in total. The fraction of sp³-hybridized carbons (Fsp3) is 0.789. The molecule has 0 bridgehead atoms. The SMILES string of the molecule is CC1(C)COC2(CCC3=C4C(CC[C@@]3(O)C2)C2CC[C@@](O)(C(C)(F)C(F)(F)F)[C@@]2(C)C[C@@H]4c2ccc(OS(=O)(=O)C(C)(F)C(F)(F)[C@@](C)(F)C(F)(F)F)cc2)OC1.